The van der Waals surface area contributed by atoms with E-state index in [-0.39, 0.29) is 33.1 Å². The van der Waals surface area contributed by atoms with Crippen molar-refractivity contribution in [3.05, 3.63) is 94.2 Å². The number of anilines is 1. The van der Waals surface area contributed by atoms with Crippen LogP contribution < -0.4 is 9.62 Å². The van der Waals surface area contributed by atoms with E-state index in [2.05, 4.69) is 4.72 Å². The number of amides is 1. The Morgan fingerprint density at radius 1 is 0.943 bits per heavy atom. The maximum absolute atomic E-state index is 14.2. The average Bonchev–Trinajstić information content (AvgIpc) is 2.85. The standard InChI is InChI=1S/C25H24Cl2FN3O3S/c26-19-10-11-20(27)24(17-19)35(33,34)29-22(16-18-6-2-1-3-7-18)25(32)31-14-12-30(13-15-31)23-9-5-4-8-21(23)28/h1-11,17,22,29H,12-16H2/t22-/m0/s1. The summed E-state index contributed by atoms with van der Waals surface area (Å²) in [5, 5.41) is 0.219. The fraction of sp³-hybridized carbons (Fsp3) is 0.240. The highest BCUT2D eigenvalue weighted by molar-refractivity contribution is 7.89. The predicted molar refractivity (Wildman–Crippen MR) is 136 cm³/mol. The van der Waals surface area contributed by atoms with E-state index in [4.69, 9.17) is 23.2 Å². The number of nitrogens with one attached hydrogen (secondary N) is 1. The molecule has 0 aromatic heterocycles. The quantitative estimate of drug-likeness (QED) is 0.487. The van der Waals surface area contributed by atoms with Gasteiger partial charge < -0.3 is 9.80 Å². The molecule has 184 valence electrons. The summed E-state index contributed by atoms with van der Waals surface area (Å²) in [6.45, 7) is 1.52. The smallest absolute Gasteiger partial charge is 0.242 e. The van der Waals surface area contributed by atoms with Gasteiger partial charge in [-0.2, -0.15) is 4.72 Å². The van der Waals surface area contributed by atoms with Crippen LogP contribution in [0.1, 0.15) is 5.56 Å². The summed E-state index contributed by atoms with van der Waals surface area (Å²) in [5.74, 6) is -0.677. The number of hydrogen-bond acceptors (Lipinski definition) is 4. The maximum atomic E-state index is 14.2. The van der Waals surface area contributed by atoms with Crippen molar-refractivity contribution in [2.75, 3.05) is 31.1 Å². The number of nitrogens with zero attached hydrogens (tertiary/aromatic N) is 2. The van der Waals surface area contributed by atoms with Crippen molar-refractivity contribution < 1.29 is 17.6 Å². The van der Waals surface area contributed by atoms with Gasteiger partial charge in [0.2, 0.25) is 15.9 Å². The Morgan fingerprint density at radius 3 is 2.29 bits per heavy atom. The van der Waals surface area contributed by atoms with Crippen LogP contribution >= 0.6 is 23.2 Å². The molecule has 10 heteroatoms. The van der Waals surface area contributed by atoms with Crippen LogP contribution in [-0.4, -0.2) is 51.4 Å². The molecule has 1 heterocycles. The summed E-state index contributed by atoms with van der Waals surface area (Å²) in [6, 6.07) is 18.7. The first-order chi connectivity index (χ1) is 16.7. The molecular formula is C25H24Cl2FN3O3S. The summed E-state index contributed by atoms with van der Waals surface area (Å²) in [4.78, 5) is 16.8. The highest BCUT2D eigenvalue weighted by Crippen LogP contribution is 2.26. The molecule has 4 rings (SSSR count). The van der Waals surface area contributed by atoms with Gasteiger partial charge in [0.05, 0.1) is 10.7 Å². The number of para-hydroxylation sites is 1. The van der Waals surface area contributed by atoms with Crippen LogP contribution in [0, 0.1) is 5.82 Å². The van der Waals surface area contributed by atoms with Crippen LogP contribution in [0.4, 0.5) is 10.1 Å². The first kappa shape index (κ1) is 25.4. The predicted octanol–water partition coefficient (Wildman–Crippen LogP) is 4.37. The molecule has 1 N–H and O–H groups in total. The number of benzene rings is 3. The second-order valence-corrected chi connectivity index (χ2v) is 10.7. The van der Waals surface area contributed by atoms with Crippen LogP contribution in [0.15, 0.2) is 77.7 Å². The lowest BCUT2D eigenvalue weighted by Crippen LogP contribution is -2.55. The number of halogens is 3. The third-order valence-electron chi connectivity index (χ3n) is 5.85. The molecule has 1 amide bonds. The van der Waals surface area contributed by atoms with Gasteiger partial charge in [-0.05, 0) is 42.3 Å². The van der Waals surface area contributed by atoms with Gasteiger partial charge in [-0.15, -0.1) is 0 Å². The fourth-order valence-electron chi connectivity index (χ4n) is 4.06. The number of carbonyl (C=O) groups excluding carboxylic acids is 1. The van der Waals surface area contributed by atoms with Gasteiger partial charge in [0.15, 0.2) is 0 Å². The third-order valence-corrected chi connectivity index (χ3v) is 8.03. The number of rotatable bonds is 7. The Balaban J connectivity index is 1.54. The van der Waals surface area contributed by atoms with Crippen LogP contribution in [0.25, 0.3) is 0 Å². The van der Waals surface area contributed by atoms with E-state index in [0.29, 0.717) is 31.9 Å². The molecule has 1 aliphatic rings. The zero-order valence-electron chi connectivity index (χ0n) is 18.7. The first-order valence-corrected chi connectivity index (χ1v) is 13.3. The molecule has 6 nitrogen and oxygen atoms in total. The molecule has 1 fully saturated rings. The van der Waals surface area contributed by atoms with Gasteiger partial charge in [0, 0.05) is 31.2 Å². The summed E-state index contributed by atoms with van der Waals surface area (Å²) < 4.78 is 43.1. The molecule has 1 aliphatic heterocycles. The highest BCUT2D eigenvalue weighted by Gasteiger charge is 2.32. The summed E-state index contributed by atoms with van der Waals surface area (Å²) in [5.41, 5.74) is 1.28. The van der Waals surface area contributed by atoms with Crippen LogP contribution in [0.2, 0.25) is 10.0 Å². The van der Waals surface area contributed by atoms with E-state index in [0.717, 1.165) is 5.56 Å². The molecule has 3 aromatic rings. The summed E-state index contributed by atoms with van der Waals surface area (Å²) in [6.07, 6.45) is 0.157. The van der Waals surface area contributed by atoms with E-state index < -0.39 is 16.1 Å². The van der Waals surface area contributed by atoms with Crippen molar-refractivity contribution in [3.8, 4) is 0 Å². The van der Waals surface area contributed by atoms with E-state index >= 15 is 0 Å². The lowest BCUT2D eigenvalue weighted by atomic mass is 10.1. The Hall–Kier alpha value is -2.65. The van der Waals surface area contributed by atoms with Crippen molar-refractivity contribution in [1.82, 2.24) is 9.62 Å². The lowest BCUT2D eigenvalue weighted by molar-refractivity contribution is -0.133. The maximum Gasteiger partial charge on any atom is 0.242 e. The zero-order valence-corrected chi connectivity index (χ0v) is 21.0. The number of hydrogen-bond donors (Lipinski definition) is 1. The van der Waals surface area contributed by atoms with Crippen LogP contribution in [0.3, 0.4) is 0 Å². The molecule has 1 saturated heterocycles. The zero-order chi connectivity index (χ0) is 25.0. The number of piperazine rings is 1. The average molecular weight is 536 g/mol. The van der Waals surface area contributed by atoms with Crippen molar-refractivity contribution in [1.29, 1.82) is 0 Å². The van der Waals surface area contributed by atoms with Gasteiger partial charge in [-0.25, -0.2) is 12.8 Å². The molecule has 3 aromatic carbocycles. The largest absolute Gasteiger partial charge is 0.366 e. The van der Waals surface area contributed by atoms with E-state index in [1.54, 1.807) is 23.1 Å². The fourth-order valence-corrected chi connectivity index (χ4v) is 6.01. The van der Waals surface area contributed by atoms with Crippen molar-refractivity contribution in [2.45, 2.75) is 17.4 Å². The van der Waals surface area contributed by atoms with Crippen molar-refractivity contribution in [3.63, 3.8) is 0 Å². The Morgan fingerprint density at radius 2 is 1.60 bits per heavy atom. The van der Waals surface area contributed by atoms with Gasteiger partial charge in [-0.1, -0.05) is 65.7 Å². The Labute approximate surface area is 214 Å². The number of carbonyl (C=O) groups is 1. The molecule has 0 radical (unpaired) electrons. The van der Waals surface area contributed by atoms with Crippen LogP contribution in [0.5, 0.6) is 0 Å². The molecule has 0 bridgehead atoms. The number of sulfonamides is 1. The Kier molecular flexibility index (Phi) is 7.96. The van der Waals surface area contributed by atoms with Gasteiger partial charge in [0.25, 0.3) is 0 Å². The second-order valence-electron chi connectivity index (χ2n) is 8.20. The van der Waals surface area contributed by atoms with Crippen molar-refractivity contribution in [2.24, 2.45) is 0 Å². The monoisotopic (exact) mass is 535 g/mol. The molecule has 0 saturated carbocycles. The molecule has 0 aliphatic carbocycles. The van der Waals surface area contributed by atoms with E-state index in [1.165, 1.54) is 24.3 Å². The summed E-state index contributed by atoms with van der Waals surface area (Å²) >= 11 is 12.1. The van der Waals surface area contributed by atoms with Crippen LogP contribution in [-0.2, 0) is 21.2 Å². The normalized spacial score (nSPS) is 15.2. The molecule has 1 atom stereocenters. The molecular weight excluding hydrogens is 512 g/mol. The topological polar surface area (TPSA) is 69.7 Å². The van der Waals surface area contributed by atoms with Gasteiger partial charge in [-0.3, -0.25) is 4.79 Å². The van der Waals surface area contributed by atoms with E-state index in [1.807, 2.05) is 35.2 Å². The van der Waals surface area contributed by atoms with E-state index in [9.17, 15) is 17.6 Å². The highest BCUT2D eigenvalue weighted by atomic mass is 35.5. The summed E-state index contributed by atoms with van der Waals surface area (Å²) in [7, 11) is -4.15. The molecule has 35 heavy (non-hydrogen) atoms. The first-order valence-electron chi connectivity index (χ1n) is 11.0. The minimum atomic E-state index is -4.15. The second kappa shape index (κ2) is 11.0. The lowest BCUT2D eigenvalue weighted by Gasteiger charge is -2.37. The minimum absolute atomic E-state index is 0.00584. The Bertz CT molecular complexity index is 1300. The van der Waals surface area contributed by atoms with Gasteiger partial charge in [0.1, 0.15) is 16.8 Å². The third kappa shape index (κ3) is 6.13. The SMILES string of the molecule is O=C([C@H](Cc1ccccc1)NS(=O)(=O)c1cc(Cl)ccc1Cl)N1CCN(c2ccccc2F)CC1. The van der Waals surface area contributed by atoms with Crippen molar-refractivity contribution >= 4 is 44.8 Å². The van der Waals surface area contributed by atoms with Gasteiger partial charge >= 0.3 is 0 Å². The molecule has 0 spiro atoms. The molecule has 0 unspecified atom stereocenters. The minimum Gasteiger partial charge on any atom is -0.366 e.